The van der Waals surface area contributed by atoms with Crippen molar-refractivity contribution in [1.29, 1.82) is 5.26 Å². The van der Waals surface area contributed by atoms with E-state index in [2.05, 4.69) is 11.9 Å². The van der Waals surface area contributed by atoms with Crippen molar-refractivity contribution in [2.45, 2.75) is 0 Å². The summed E-state index contributed by atoms with van der Waals surface area (Å²) in [7, 11) is 0. The smallest absolute Gasteiger partial charge is 0.307 e. The number of rotatable bonds is 3. The first-order valence-corrected chi connectivity index (χ1v) is 4.42. The predicted octanol–water partition coefficient (Wildman–Crippen LogP) is 2.19. The summed E-state index contributed by atoms with van der Waals surface area (Å²) in [6, 6.07) is 8.51. The molecule has 0 heterocycles. The molecule has 0 atom stereocenters. The molecule has 0 saturated carbocycles. The van der Waals surface area contributed by atoms with E-state index in [1.165, 1.54) is 6.08 Å². The zero-order chi connectivity index (χ0) is 11.1. The summed E-state index contributed by atoms with van der Waals surface area (Å²) in [5.41, 5.74) is 0.659. The zero-order valence-corrected chi connectivity index (χ0v) is 8.18. The molecule has 15 heavy (non-hydrogen) atoms. The van der Waals surface area contributed by atoms with E-state index in [-0.39, 0.29) is 6.54 Å². The Labute approximate surface area is 88.4 Å². The Kier molecular flexibility index (Phi) is 3.92. The molecule has 1 aromatic carbocycles. The fraction of sp³-hybridized carbons (Fsp3) is 0.0909. The first kappa shape index (κ1) is 10.8. The minimum atomic E-state index is -0.455. The monoisotopic (exact) mass is 201 g/mol. The lowest BCUT2D eigenvalue weighted by molar-refractivity contribution is 0.234. The van der Waals surface area contributed by atoms with E-state index in [0.29, 0.717) is 5.69 Å². The standard InChI is InChI=1S/C11H11N3O/c1-2-8-14(9-12)11(15)13-10-6-4-3-5-7-10/h2-7H,1,8H2,(H,13,15). The number of carbonyl (C=O) groups excluding carboxylic acids is 1. The van der Waals surface area contributed by atoms with E-state index >= 15 is 0 Å². The average molecular weight is 201 g/mol. The maximum absolute atomic E-state index is 11.5. The molecule has 0 aromatic heterocycles. The first-order valence-electron chi connectivity index (χ1n) is 4.42. The molecule has 76 valence electrons. The Morgan fingerprint density at radius 2 is 2.20 bits per heavy atom. The molecule has 1 N–H and O–H groups in total. The van der Waals surface area contributed by atoms with Gasteiger partial charge in [-0.15, -0.1) is 6.58 Å². The number of hydrogen-bond acceptors (Lipinski definition) is 2. The topological polar surface area (TPSA) is 56.1 Å². The zero-order valence-electron chi connectivity index (χ0n) is 8.18. The highest BCUT2D eigenvalue weighted by Gasteiger charge is 2.10. The van der Waals surface area contributed by atoms with E-state index in [4.69, 9.17) is 5.26 Å². The van der Waals surface area contributed by atoms with Gasteiger partial charge in [0.05, 0.1) is 6.54 Å². The van der Waals surface area contributed by atoms with Crippen molar-refractivity contribution in [2.24, 2.45) is 0 Å². The van der Waals surface area contributed by atoms with Crippen LogP contribution in [0.5, 0.6) is 0 Å². The number of hydrogen-bond donors (Lipinski definition) is 1. The lowest BCUT2D eigenvalue weighted by Crippen LogP contribution is -2.30. The van der Waals surface area contributed by atoms with Gasteiger partial charge in [-0.2, -0.15) is 5.26 Å². The van der Waals surface area contributed by atoms with Crippen LogP contribution in [0.2, 0.25) is 0 Å². The molecule has 0 saturated heterocycles. The molecule has 4 heteroatoms. The number of para-hydroxylation sites is 1. The molecule has 0 unspecified atom stereocenters. The number of amides is 2. The SMILES string of the molecule is C=CCN(C#N)C(=O)Nc1ccccc1. The number of anilines is 1. The fourth-order valence-electron chi connectivity index (χ4n) is 1.01. The third-order valence-corrected chi connectivity index (χ3v) is 1.70. The van der Waals surface area contributed by atoms with Crippen LogP contribution in [0.3, 0.4) is 0 Å². The third-order valence-electron chi connectivity index (χ3n) is 1.70. The molecule has 1 rings (SSSR count). The van der Waals surface area contributed by atoms with Gasteiger partial charge in [0.2, 0.25) is 0 Å². The van der Waals surface area contributed by atoms with Crippen LogP contribution in [0.25, 0.3) is 0 Å². The van der Waals surface area contributed by atoms with Crippen LogP contribution >= 0.6 is 0 Å². The van der Waals surface area contributed by atoms with Crippen LogP contribution < -0.4 is 5.32 Å². The predicted molar refractivity (Wildman–Crippen MR) is 58.0 cm³/mol. The highest BCUT2D eigenvalue weighted by atomic mass is 16.2. The van der Waals surface area contributed by atoms with Gasteiger partial charge >= 0.3 is 6.03 Å². The Hall–Kier alpha value is -2.28. The molecule has 0 radical (unpaired) electrons. The van der Waals surface area contributed by atoms with Crippen LogP contribution in [-0.2, 0) is 0 Å². The summed E-state index contributed by atoms with van der Waals surface area (Å²) in [6.07, 6.45) is 3.27. The van der Waals surface area contributed by atoms with Crippen LogP contribution in [0, 0.1) is 11.5 Å². The summed E-state index contributed by atoms with van der Waals surface area (Å²) in [5.74, 6) is 0. The molecular formula is C11H11N3O. The van der Waals surface area contributed by atoms with Gasteiger partial charge in [0.1, 0.15) is 0 Å². The lowest BCUT2D eigenvalue weighted by atomic mass is 10.3. The van der Waals surface area contributed by atoms with E-state index in [0.717, 1.165) is 4.90 Å². The minimum Gasteiger partial charge on any atom is -0.307 e. The molecule has 0 spiro atoms. The number of nitrogens with one attached hydrogen (secondary N) is 1. The molecule has 0 aliphatic carbocycles. The van der Waals surface area contributed by atoms with E-state index in [1.54, 1.807) is 30.5 Å². The van der Waals surface area contributed by atoms with Crippen molar-refractivity contribution in [3.05, 3.63) is 43.0 Å². The maximum Gasteiger partial charge on any atom is 0.335 e. The molecule has 2 amide bonds. The van der Waals surface area contributed by atoms with Gasteiger partial charge in [-0.05, 0) is 12.1 Å². The summed E-state index contributed by atoms with van der Waals surface area (Å²) in [5, 5.41) is 11.3. The lowest BCUT2D eigenvalue weighted by Gasteiger charge is -2.12. The molecule has 1 aromatic rings. The number of nitriles is 1. The molecule has 4 nitrogen and oxygen atoms in total. The van der Waals surface area contributed by atoms with Crippen molar-refractivity contribution >= 4 is 11.7 Å². The molecular weight excluding hydrogens is 190 g/mol. The molecule has 0 aliphatic rings. The second kappa shape index (κ2) is 5.45. The van der Waals surface area contributed by atoms with Crippen LogP contribution in [-0.4, -0.2) is 17.5 Å². The van der Waals surface area contributed by atoms with Crippen molar-refractivity contribution in [3.63, 3.8) is 0 Å². The Bertz CT molecular complexity index is 381. The van der Waals surface area contributed by atoms with Crippen molar-refractivity contribution in [3.8, 4) is 6.19 Å². The maximum atomic E-state index is 11.5. The van der Waals surface area contributed by atoms with Crippen LogP contribution in [0.1, 0.15) is 0 Å². The highest BCUT2D eigenvalue weighted by molar-refractivity contribution is 5.90. The molecule has 0 bridgehead atoms. The minimum absolute atomic E-state index is 0.204. The number of nitrogens with zero attached hydrogens (tertiary/aromatic N) is 2. The number of carbonyl (C=O) groups is 1. The van der Waals surface area contributed by atoms with Gasteiger partial charge in [-0.3, -0.25) is 0 Å². The van der Waals surface area contributed by atoms with Crippen LogP contribution in [0.15, 0.2) is 43.0 Å². The average Bonchev–Trinajstić information content (AvgIpc) is 2.27. The Morgan fingerprint density at radius 1 is 1.53 bits per heavy atom. The second-order valence-corrected chi connectivity index (χ2v) is 2.80. The number of benzene rings is 1. The van der Waals surface area contributed by atoms with Gasteiger partial charge in [0.25, 0.3) is 0 Å². The van der Waals surface area contributed by atoms with Gasteiger partial charge < -0.3 is 5.32 Å². The summed E-state index contributed by atoms with van der Waals surface area (Å²) in [6.45, 7) is 3.67. The second-order valence-electron chi connectivity index (χ2n) is 2.80. The van der Waals surface area contributed by atoms with Gasteiger partial charge in [-0.1, -0.05) is 24.3 Å². The Balaban J connectivity index is 2.63. The summed E-state index contributed by atoms with van der Waals surface area (Å²) < 4.78 is 0. The fourth-order valence-corrected chi connectivity index (χ4v) is 1.01. The van der Waals surface area contributed by atoms with Gasteiger partial charge in [-0.25, -0.2) is 9.69 Å². The first-order chi connectivity index (χ1) is 7.27. The van der Waals surface area contributed by atoms with Gasteiger partial charge in [0, 0.05) is 5.69 Å². The van der Waals surface area contributed by atoms with E-state index in [1.807, 2.05) is 6.07 Å². The van der Waals surface area contributed by atoms with Crippen molar-refractivity contribution in [1.82, 2.24) is 4.90 Å². The summed E-state index contributed by atoms with van der Waals surface area (Å²) >= 11 is 0. The van der Waals surface area contributed by atoms with Gasteiger partial charge in [0.15, 0.2) is 6.19 Å². The van der Waals surface area contributed by atoms with Crippen molar-refractivity contribution in [2.75, 3.05) is 11.9 Å². The Morgan fingerprint density at radius 3 is 2.73 bits per heavy atom. The third kappa shape index (κ3) is 3.16. The normalized spacial score (nSPS) is 8.73. The van der Waals surface area contributed by atoms with E-state index in [9.17, 15) is 4.79 Å². The molecule has 0 fully saturated rings. The van der Waals surface area contributed by atoms with Crippen LogP contribution in [0.4, 0.5) is 10.5 Å². The summed E-state index contributed by atoms with van der Waals surface area (Å²) in [4.78, 5) is 12.5. The molecule has 0 aliphatic heterocycles. The quantitative estimate of drug-likeness (QED) is 0.463. The number of urea groups is 1. The largest absolute Gasteiger partial charge is 0.335 e. The highest BCUT2D eigenvalue weighted by Crippen LogP contribution is 2.06. The van der Waals surface area contributed by atoms with E-state index < -0.39 is 6.03 Å². The van der Waals surface area contributed by atoms with Crippen molar-refractivity contribution < 1.29 is 4.79 Å².